The second-order valence-electron chi connectivity index (χ2n) is 6.47. The Hall–Kier alpha value is -2.87. The van der Waals surface area contributed by atoms with E-state index in [1.807, 2.05) is 31.2 Å². The van der Waals surface area contributed by atoms with Crippen LogP contribution in [0.25, 0.3) is 11.4 Å². The van der Waals surface area contributed by atoms with E-state index >= 15 is 0 Å². The summed E-state index contributed by atoms with van der Waals surface area (Å²) in [5, 5.41) is 11.2. The van der Waals surface area contributed by atoms with Crippen molar-refractivity contribution in [3.05, 3.63) is 65.5 Å². The number of nitrogen functional groups attached to an aromatic ring is 1. The van der Waals surface area contributed by atoms with Gasteiger partial charge >= 0.3 is 0 Å². The van der Waals surface area contributed by atoms with Crippen LogP contribution in [0.5, 0.6) is 0 Å². The Morgan fingerprint density at radius 3 is 2.54 bits per heavy atom. The third-order valence-electron chi connectivity index (χ3n) is 4.25. The molecule has 0 aliphatic carbocycles. The number of halogens is 1. The van der Waals surface area contributed by atoms with Gasteiger partial charge in [-0.3, -0.25) is 4.79 Å². The van der Waals surface area contributed by atoms with Crippen molar-refractivity contribution >= 4 is 17.7 Å². The summed E-state index contributed by atoms with van der Waals surface area (Å²) in [7, 11) is 0. The van der Waals surface area contributed by atoms with Crippen molar-refractivity contribution in [3.8, 4) is 11.4 Å². The van der Waals surface area contributed by atoms with Crippen LogP contribution in [0, 0.1) is 12.7 Å². The number of thioether (sulfide) groups is 1. The zero-order valence-electron chi connectivity index (χ0n) is 15.7. The Bertz CT molecular complexity index is 940. The number of carbonyl (C=O) groups is 1. The lowest BCUT2D eigenvalue weighted by molar-refractivity contribution is -0.120. The molecule has 1 heterocycles. The van der Waals surface area contributed by atoms with Gasteiger partial charge in [-0.1, -0.05) is 53.7 Å². The molecule has 3 N–H and O–H groups in total. The van der Waals surface area contributed by atoms with E-state index in [1.165, 1.54) is 28.6 Å². The monoisotopic (exact) mass is 399 g/mol. The fourth-order valence-corrected chi connectivity index (χ4v) is 3.39. The predicted octanol–water partition coefficient (Wildman–Crippen LogP) is 2.95. The first-order chi connectivity index (χ1) is 13.4. The van der Waals surface area contributed by atoms with Crippen molar-refractivity contribution in [3.63, 3.8) is 0 Å². The number of rotatable bonds is 7. The summed E-state index contributed by atoms with van der Waals surface area (Å²) in [5.74, 6) is 6.28. The second kappa shape index (κ2) is 8.88. The molecule has 2 aromatic carbocycles. The summed E-state index contributed by atoms with van der Waals surface area (Å²) in [6.45, 7) is 4.27. The highest BCUT2D eigenvalue weighted by Crippen LogP contribution is 2.25. The molecule has 28 heavy (non-hydrogen) atoms. The molecule has 8 heteroatoms. The van der Waals surface area contributed by atoms with Crippen LogP contribution < -0.4 is 11.2 Å². The van der Waals surface area contributed by atoms with E-state index in [9.17, 15) is 9.18 Å². The molecule has 3 rings (SSSR count). The minimum Gasteiger partial charge on any atom is -0.355 e. The van der Waals surface area contributed by atoms with E-state index in [2.05, 4.69) is 15.5 Å². The number of aromatic nitrogens is 3. The maximum Gasteiger partial charge on any atom is 0.233 e. The van der Waals surface area contributed by atoms with Crippen molar-refractivity contribution in [2.24, 2.45) is 0 Å². The fourth-order valence-electron chi connectivity index (χ4n) is 2.59. The predicted molar refractivity (Wildman–Crippen MR) is 109 cm³/mol. The number of nitrogens with two attached hydrogens (primary N) is 1. The number of amides is 1. The van der Waals surface area contributed by atoms with Gasteiger partial charge in [0, 0.05) is 12.1 Å². The first-order valence-electron chi connectivity index (χ1n) is 8.90. The highest BCUT2D eigenvalue weighted by Gasteiger charge is 2.19. The minimum absolute atomic E-state index is 0.119. The normalized spacial score (nSPS) is 12.0. The van der Waals surface area contributed by atoms with Gasteiger partial charge in [0.25, 0.3) is 0 Å². The van der Waals surface area contributed by atoms with Crippen molar-refractivity contribution < 1.29 is 9.18 Å². The molecular formula is C20H22FN5OS. The van der Waals surface area contributed by atoms with E-state index in [4.69, 9.17) is 5.84 Å². The summed E-state index contributed by atoms with van der Waals surface area (Å²) >= 11 is 1.25. The molecule has 0 aliphatic rings. The van der Waals surface area contributed by atoms with E-state index in [0.717, 1.165) is 16.7 Å². The number of carbonyl (C=O) groups excluding carboxylic acids is 1. The van der Waals surface area contributed by atoms with E-state index in [0.29, 0.717) is 23.9 Å². The topological polar surface area (TPSA) is 85.8 Å². The molecule has 0 aliphatic heterocycles. The number of benzene rings is 2. The molecule has 0 saturated heterocycles. The van der Waals surface area contributed by atoms with Gasteiger partial charge in [0.05, 0.1) is 5.25 Å². The third kappa shape index (κ3) is 4.89. The molecule has 1 atom stereocenters. The Morgan fingerprint density at radius 1 is 1.18 bits per heavy atom. The van der Waals surface area contributed by atoms with Gasteiger partial charge in [-0.05, 0) is 38.0 Å². The van der Waals surface area contributed by atoms with Crippen LogP contribution in [0.1, 0.15) is 18.1 Å². The lowest BCUT2D eigenvalue weighted by Gasteiger charge is -2.11. The van der Waals surface area contributed by atoms with Crippen LogP contribution in [-0.2, 0) is 11.2 Å². The lowest BCUT2D eigenvalue weighted by Crippen LogP contribution is -2.32. The summed E-state index contributed by atoms with van der Waals surface area (Å²) in [5.41, 5.74) is 2.97. The quantitative estimate of drug-likeness (QED) is 0.471. The van der Waals surface area contributed by atoms with Crippen molar-refractivity contribution in [2.45, 2.75) is 30.7 Å². The molecule has 1 amide bonds. The maximum absolute atomic E-state index is 12.9. The first kappa shape index (κ1) is 19.9. The number of hydrogen-bond acceptors (Lipinski definition) is 5. The number of aryl methyl sites for hydroxylation is 1. The van der Waals surface area contributed by atoms with Gasteiger partial charge in [-0.25, -0.2) is 9.07 Å². The number of nitrogens with zero attached hydrogens (tertiary/aromatic N) is 3. The summed E-state index contributed by atoms with van der Waals surface area (Å²) in [6, 6.07) is 14.1. The SMILES string of the molecule is Cc1ccc(-c2nnc(S[C@H](C)C(=O)NCCc3ccc(F)cc3)n2N)cc1. The Kier molecular flexibility index (Phi) is 6.30. The van der Waals surface area contributed by atoms with Crippen molar-refractivity contribution in [1.29, 1.82) is 0 Å². The van der Waals surface area contributed by atoms with Crippen LogP contribution >= 0.6 is 11.8 Å². The Morgan fingerprint density at radius 2 is 1.86 bits per heavy atom. The Labute approximate surface area is 167 Å². The van der Waals surface area contributed by atoms with Crippen LogP contribution in [0.3, 0.4) is 0 Å². The van der Waals surface area contributed by atoms with Gasteiger partial charge < -0.3 is 11.2 Å². The van der Waals surface area contributed by atoms with Gasteiger partial charge in [-0.15, -0.1) is 10.2 Å². The Balaban J connectivity index is 1.55. The molecule has 0 radical (unpaired) electrons. The maximum atomic E-state index is 12.9. The van der Waals surface area contributed by atoms with Crippen molar-refractivity contribution in [2.75, 3.05) is 12.4 Å². The van der Waals surface area contributed by atoms with Crippen LogP contribution in [-0.4, -0.2) is 32.6 Å². The van der Waals surface area contributed by atoms with Gasteiger partial charge in [0.1, 0.15) is 5.82 Å². The van der Waals surface area contributed by atoms with Crippen molar-refractivity contribution in [1.82, 2.24) is 20.2 Å². The average molecular weight is 399 g/mol. The average Bonchev–Trinajstić information content (AvgIpc) is 3.04. The smallest absolute Gasteiger partial charge is 0.233 e. The molecule has 0 fully saturated rings. The number of nitrogens with one attached hydrogen (secondary N) is 1. The lowest BCUT2D eigenvalue weighted by atomic mass is 10.1. The molecule has 3 aromatic rings. The molecular weight excluding hydrogens is 377 g/mol. The standard InChI is InChI=1S/C20H22FN5OS/c1-13-3-7-16(8-4-13)18-24-25-20(26(18)22)28-14(2)19(27)23-12-11-15-5-9-17(21)10-6-15/h3-10,14H,11-12,22H2,1-2H3,(H,23,27)/t14-/m1/s1. The van der Waals surface area contributed by atoms with Crippen LogP contribution in [0.4, 0.5) is 4.39 Å². The van der Waals surface area contributed by atoms with Crippen LogP contribution in [0.15, 0.2) is 53.7 Å². The van der Waals surface area contributed by atoms with Gasteiger partial charge in [0.15, 0.2) is 5.82 Å². The summed E-state index contributed by atoms with van der Waals surface area (Å²) in [6.07, 6.45) is 0.633. The van der Waals surface area contributed by atoms with E-state index in [1.54, 1.807) is 19.1 Å². The molecule has 0 bridgehead atoms. The highest BCUT2D eigenvalue weighted by atomic mass is 32.2. The molecule has 0 spiro atoms. The first-order valence-corrected chi connectivity index (χ1v) is 9.78. The van der Waals surface area contributed by atoms with Gasteiger partial charge in [0.2, 0.25) is 11.1 Å². The van der Waals surface area contributed by atoms with Crippen LogP contribution in [0.2, 0.25) is 0 Å². The molecule has 0 saturated carbocycles. The van der Waals surface area contributed by atoms with E-state index < -0.39 is 0 Å². The largest absolute Gasteiger partial charge is 0.355 e. The number of hydrogen-bond donors (Lipinski definition) is 2. The summed E-state index contributed by atoms with van der Waals surface area (Å²) in [4.78, 5) is 12.3. The minimum atomic E-state index is -0.384. The molecule has 0 unspecified atom stereocenters. The third-order valence-corrected chi connectivity index (χ3v) is 5.31. The molecule has 1 aromatic heterocycles. The summed E-state index contributed by atoms with van der Waals surface area (Å²) < 4.78 is 14.3. The molecule has 146 valence electrons. The molecule has 6 nitrogen and oxygen atoms in total. The zero-order chi connectivity index (χ0) is 20.1. The zero-order valence-corrected chi connectivity index (χ0v) is 16.5. The van der Waals surface area contributed by atoms with E-state index in [-0.39, 0.29) is 17.0 Å². The fraction of sp³-hybridized carbons (Fsp3) is 0.250. The highest BCUT2D eigenvalue weighted by molar-refractivity contribution is 8.00. The van der Waals surface area contributed by atoms with Gasteiger partial charge in [-0.2, -0.15) is 0 Å². The second-order valence-corrected chi connectivity index (χ2v) is 7.78.